The van der Waals surface area contributed by atoms with E-state index in [-0.39, 0.29) is 5.54 Å². The number of fused-ring (bicyclic) bond motifs is 1. The Morgan fingerprint density at radius 1 is 1.25 bits per heavy atom. The van der Waals surface area contributed by atoms with Gasteiger partial charge in [-0.3, -0.25) is 9.69 Å². The van der Waals surface area contributed by atoms with Gasteiger partial charge in [-0.2, -0.15) is 0 Å². The number of carboxylic acids is 1. The van der Waals surface area contributed by atoms with Crippen LogP contribution in [0.3, 0.4) is 0 Å². The Kier molecular flexibility index (Phi) is 3.24. The van der Waals surface area contributed by atoms with Crippen LogP contribution >= 0.6 is 0 Å². The zero-order chi connectivity index (χ0) is 11.8. The first-order valence-corrected chi connectivity index (χ1v) is 6.56. The van der Waals surface area contributed by atoms with Gasteiger partial charge in [-0.1, -0.05) is 26.7 Å². The van der Waals surface area contributed by atoms with Gasteiger partial charge in [-0.05, 0) is 24.7 Å². The van der Waals surface area contributed by atoms with Gasteiger partial charge in [-0.25, -0.2) is 0 Å². The summed E-state index contributed by atoms with van der Waals surface area (Å²) < 4.78 is 0. The van der Waals surface area contributed by atoms with E-state index in [2.05, 4.69) is 18.7 Å². The number of nitrogens with zero attached hydrogens (tertiary/aromatic N) is 1. The summed E-state index contributed by atoms with van der Waals surface area (Å²) in [6, 6.07) is 0. The Balaban J connectivity index is 2.12. The summed E-state index contributed by atoms with van der Waals surface area (Å²) in [4.78, 5) is 13.5. The molecule has 0 spiro atoms. The molecule has 0 aliphatic carbocycles. The van der Waals surface area contributed by atoms with Crippen LogP contribution in [-0.2, 0) is 4.79 Å². The standard InChI is InChI=1S/C13H23NO2/c1-3-10-5-13(7-12(15)16)6-11(4-2)9-14(13)8-10/h10-11H,3-9H2,1-2H3,(H,15,16). The molecule has 0 bridgehead atoms. The average Bonchev–Trinajstić information content (AvgIpc) is 2.68. The summed E-state index contributed by atoms with van der Waals surface area (Å²) in [5, 5.41) is 9.11. The van der Waals surface area contributed by atoms with Crippen LogP contribution in [0.2, 0.25) is 0 Å². The minimum Gasteiger partial charge on any atom is -0.481 e. The van der Waals surface area contributed by atoms with Crippen molar-refractivity contribution in [2.24, 2.45) is 11.8 Å². The molecule has 0 aromatic rings. The maximum absolute atomic E-state index is 11.1. The zero-order valence-electron chi connectivity index (χ0n) is 10.4. The summed E-state index contributed by atoms with van der Waals surface area (Å²) >= 11 is 0. The number of hydrogen-bond acceptors (Lipinski definition) is 2. The predicted octanol–water partition coefficient (Wildman–Crippen LogP) is 2.36. The molecular weight excluding hydrogens is 202 g/mol. The Morgan fingerprint density at radius 2 is 1.75 bits per heavy atom. The molecule has 0 radical (unpaired) electrons. The highest BCUT2D eigenvalue weighted by Gasteiger charge is 2.51. The van der Waals surface area contributed by atoms with Crippen molar-refractivity contribution in [2.45, 2.75) is 51.5 Å². The fraction of sp³-hybridized carbons (Fsp3) is 0.923. The molecule has 2 fully saturated rings. The lowest BCUT2D eigenvalue weighted by molar-refractivity contribution is -0.139. The highest BCUT2D eigenvalue weighted by molar-refractivity contribution is 5.68. The lowest BCUT2D eigenvalue weighted by Crippen LogP contribution is -2.39. The van der Waals surface area contributed by atoms with E-state index in [1.807, 2.05) is 0 Å². The Morgan fingerprint density at radius 3 is 2.12 bits per heavy atom. The first kappa shape index (κ1) is 11.9. The van der Waals surface area contributed by atoms with Crippen LogP contribution in [0.1, 0.15) is 46.0 Å². The van der Waals surface area contributed by atoms with E-state index in [0.717, 1.165) is 37.8 Å². The van der Waals surface area contributed by atoms with Crippen LogP contribution in [-0.4, -0.2) is 34.6 Å². The summed E-state index contributed by atoms with van der Waals surface area (Å²) in [7, 11) is 0. The number of aliphatic carboxylic acids is 1. The first-order valence-electron chi connectivity index (χ1n) is 6.56. The molecule has 0 saturated carbocycles. The second-order valence-electron chi connectivity index (χ2n) is 5.66. The molecule has 2 atom stereocenters. The molecule has 2 heterocycles. The van der Waals surface area contributed by atoms with Crippen LogP contribution in [0.15, 0.2) is 0 Å². The zero-order valence-corrected chi connectivity index (χ0v) is 10.4. The van der Waals surface area contributed by atoms with Crippen molar-refractivity contribution in [3.05, 3.63) is 0 Å². The number of rotatable bonds is 4. The smallest absolute Gasteiger partial charge is 0.305 e. The van der Waals surface area contributed by atoms with Gasteiger partial charge >= 0.3 is 5.97 Å². The third-order valence-electron chi connectivity index (χ3n) is 4.60. The molecule has 2 aliphatic rings. The molecule has 3 nitrogen and oxygen atoms in total. The minimum absolute atomic E-state index is 0.00713. The van der Waals surface area contributed by atoms with Gasteiger partial charge in [0.05, 0.1) is 6.42 Å². The van der Waals surface area contributed by atoms with Crippen molar-refractivity contribution in [3.63, 3.8) is 0 Å². The van der Waals surface area contributed by atoms with Crippen LogP contribution in [0.4, 0.5) is 0 Å². The molecule has 0 aromatic heterocycles. The summed E-state index contributed by atoms with van der Waals surface area (Å²) in [5.41, 5.74) is 0.00713. The van der Waals surface area contributed by atoms with Crippen molar-refractivity contribution in [2.75, 3.05) is 13.1 Å². The van der Waals surface area contributed by atoms with E-state index in [9.17, 15) is 4.79 Å². The largest absolute Gasteiger partial charge is 0.481 e. The second kappa shape index (κ2) is 4.36. The van der Waals surface area contributed by atoms with E-state index in [4.69, 9.17) is 5.11 Å². The van der Waals surface area contributed by atoms with Gasteiger partial charge < -0.3 is 5.11 Å². The number of hydrogen-bond donors (Lipinski definition) is 1. The fourth-order valence-electron chi connectivity index (χ4n) is 3.72. The van der Waals surface area contributed by atoms with Crippen LogP contribution in [0.5, 0.6) is 0 Å². The lowest BCUT2D eigenvalue weighted by atomic mass is 9.83. The van der Waals surface area contributed by atoms with Gasteiger partial charge in [0.25, 0.3) is 0 Å². The monoisotopic (exact) mass is 225 g/mol. The summed E-state index contributed by atoms with van der Waals surface area (Å²) in [6.45, 7) is 6.69. The van der Waals surface area contributed by atoms with E-state index in [1.165, 1.54) is 12.8 Å². The van der Waals surface area contributed by atoms with Gasteiger partial charge in [0.15, 0.2) is 0 Å². The van der Waals surface area contributed by atoms with Crippen molar-refractivity contribution < 1.29 is 9.90 Å². The molecule has 2 rings (SSSR count). The second-order valence-corrected chi connectivity index (χ2v) is 5.66. The molecule has 3 heteroatoms. The quantitative estimate of drug-likeness (QED) is 0.798. The number of carboxylic acid groups (broad SMARTS) is 1. The molecule has 0 amide bonds. The summed E-state index contributed by atoms with van der Waals surface area (Å²) in [5.74, 6) is 0.813. The molecule has 1 N–H and O–H groups in total. The van der Waals surface area contributed by atoms with Gasteiger partial charge in [0.1, 0.15) is 0 Å². The third-order valence-corrected chi connectivity index (χ3v) is 4.60. The van der Waals surface area contributed by atoms with E-state index in [1.54, 1.807) is 0 Å². The molecule has 2 saturated heterocycles. The number of carbonyl (C=O) groups is 1. The molecule has 92 valence electrons. The van der Waals surface area contributed by atoms with Crippen molar-refractivity contribution in [1.29, 1.82) is 0 Å². The van der Waals surface area contributed by atoms with Crippen LogP contribution < -0.4 is 0 Å². The summed E-state index contributed by atoms with van der Waals surface area (Å²) in [6.07, 6.45) is 4.93. The average molecular weight is 225 g/mol. The molecule has 0 aromatic carbocycles. The van der Waals surface area contributed by atoms with Crippen LogP contribution in [0, 0.1) is 11.8 Å². The fourth-order valence-corrected chi connectivity index (χ4v) is 3.72. The van der Waals surface area contributed by atoms with E-state index in [0.29, 0.717) is 6.42 Å². The van der Waals surface area contributed by atoms with E-state index < -0.39 is 5.97 Å². The van der Waals surface area contributed by atoms with Gasteiger partial charge in [-0.15, -0.1) is 0 Å². The predicted molar refractivity (Wildman–Crippen MR) is 63.4 cm³/mol. The van der Waals surface area contributed by atoms with Crippen LogP contribution in [0.25, 0.3) is 0 Å². The first-order chi connectivity index (χ1) is 7.59. The molecule has 16 heavy (non-hydrogen) atoms. The molecular formula is C13H23NO2. The molecule has 2 aliphatic heterocycles. The molecule has 2 unspecified atom stereocenters. The van der Waals surface area contributed by atoms with Gasteiger partial charge in [0.2, 0.25) is 0 Å². The SMILES string of the molecule is CCC1CN2CC(CC)CC2(CC(=O)O)C1. The Bertz CT molecular complexity index is 261. The maximum Gasteiger partial charge on any atom is 0.305 e. The Hall–Kier alpha value is -0.570. The normalized spacial score (nSPS) is 38.9. The minimum atomic E-state index is -0.626. The third kappa shape index (κ3) is 1.97. The van der Waals surface area contributed by atoms with Crippen molar-refractivity contribution in [3.8, 4) is 0 Å². The van der Waals surface area contributed by atoms with E-state index >= 15 is 0 Å². The highest BCUT2D eigenvalue weighted by Crippen LogP contribution is 2.47. The lowest BCUT2D eigenvalue weighted by Gasteiger charge is -2.30. The maximum atomic E-state index is 11.1. The van der Waals surface area contributed by atoms with Crippen molar-refractivity contribution in [1.82, 2.24) is 4.90 Å². The van der Waals surface area contributed by atoms with Gasteiger partial charge in [0, 0.05) is 18.6 Å². The van der Waals surface area contributed by atoms with Crippen molar-refractivity contribution >= 4 is 5.97 Å². The Labute approximate surface area is 97.8 Å². The topological polar surface area (TPSA) is 40.5 Å². The highest BCUT2D eigenvalue weighted by atomic mass is 16.4.